The molecule has 3 N–H and O–H groups in total. The minimum Gasteiger partial charge on any atom is -0.480 e. The summed E-state index contributed by atoms with van der Waals surface area (Å²) in [5, 5.41) is 12.9. The molecule has 1 saturated heterocycles. The molecule has 0 aromatic carbocycles. The molecule has 2 amide bonds. The molecule has 102 valence electrons. The Kier molecular flexibility index (Phi) is 6.13. The van der Waals surface area contributed by atoms with Gasteiger partial charge in [0.1, 0.15) is 6.54 Å². The number of carboxylic acids is 1. The summed E-state index contributed by atoms with van der Waals surface area (Å²) in [4.78, 5) is 32.8. The third-order valence-electron chi connectivity index (χ3n) is 2.57. The van der Waals surface area contributed by atoms with Gasteiger partial charge in [-0.3, -0.25) is 14.4 Å². The summed E-state index contributed by atoms with van der Waals surface area (Å²) in [7, 11) is 0. The number of carbonyl (C=O) groups excluding carboxylic acids is 2. The first-order valence-electron chi connectivity index (χ1n) is 5.94. The molecule has 0 aromatic heterocycles. The van der Waals surface area contributed by atoms with Crippen LogP contribution in [-0.2, 0) is 19.1 Å². The molecular weight excluding hydrogens is 240 g/mol. The lowest BCUT2D eigenvalue weighted by atomic mass is 10.1. The van der Waals surface area contributed by atoms with Crippen LogP contribution in [0.25, 0.3) is 0 Å². The van der Waals surface area contributed by atoms with Gasteiger partial charge in [0.2, 0.25) is 11.8 Å². The molecule has 1 atom stereocenters. The summed E-state index contributed by atoms with van der Waals surface area (Å²) in [6.45, 7) is 0.0241. The van der Waals surface area contributed by atoms with E-state index in [1.807, 2.05) is 0 Å². The highest BCUT2D eigenvalue weighted by atomic mass is 16.5. The second-order valence-electron chi connectivity index (χ2n) is 4.14. The number of carboxylic acid groups (broad SMARTS) is 1. The lowest BCUT2D eigenvalue weighted by Crippen LogP contribution is -2.40. The number of rotatable bonds is 6. The van der Waals surface area contributed by atoms with Crippen LogP contribution in [0.2, 0.25) is 0 Å². The van der Waals surface area contributed by atoms with Crippen molar-refractivity contribution in [2.45, 2.75) is 31.8 Å². The van der Waals surface area contributed by atoms with Crippen LogP contribution in [-0.4, -0.2) is 48.7 Å². The van der Waals surface area contributed by atoms with E-state index in [9.17, 15) is 14.4 Å². The first kappa shape index (κ1) is 14.4. The average molecular weight is 258 g/mol. The van der Waals surface area contributed by atoms with Gasteiger partial charge in [0.25, 0.3) is 0 Å². The lowest BCUT2D eigenvalue weighted by Gasteiger charge is -2.21. The van der Waals surface area contributed by atoms with Gasteiger partial charge in [-0.1, -0.05) is 0 Å². The smallest absolute Gasteiger partial charge is 0.322 e. The van der Waals surface area contributed by atoms with E-state index in [4.69, 9.17) is 9.84 Å². The minimum atomic E-state index is -1.12. The van der Waals surface area contributed by atoms with Gasteiger partial charge < -0.3 is 20.5 Å². The fourth-order valence-corrected chi connectivity index (χ4v) is 1.66. The maximum Gasteiger partial charge on any atom is 0.322 e. The van der Waals surface area contributed by atoms with Crippen molar-refractivity contribution in [2.75, 3.05) is 19.7 Å². The number of aliphatic carboxylic acids is 1. The molecule has 0 radical (unpaired) electrons. The standard InChI is InChI=1S/C11H18N2O5/c14-9(5-8-3-1-2-4-18-8)12-6-10(15)13-7-11(16)17/h8H,1-7H2,(H,12,14)(H,13,15)(H,16,17). The van der Waals surface area contributed by atoms with E-state index in [1.54, 1.807) is 0 Å². The van der Waals surface area contributed by atoms with Crippen LogP contribution < -0.4 is 10.6 Å². The molecule has 18 heavy (non-hydrogen) atoms. The Labute approximate surface area is 105 Å². The van der Waals surface area contributed by atoms with Gasteiger partial charge in [-0.25, -0.2) is 0 Å². The van der Waals surface area contributed by atoms with Crippen LogP contribution in [0.15, 0.2) is 0 Å². The van der Waals surface area contributed by atoms with Crippen molar-refractivity contribution >= 4 is 17.8 Å². The molecule has 0 aromatic rings. The Morgan fingerprint density at radius 3 is 2.44 bits per heavy atom. The fourth-order valence-electron chi connectivity index (χ4n) is 1.66. The van der Waals surface area contributed by atoms with Crippen LogP contribution in [0, 0.1) is 0 Å². The number of hydrogen-bond acceptors (Lipinski definition) is 4. The number of carbonyl (C=O) groups is 3. The molecule has 7 heteroatoms. The Morgan fingerprint density at radius 1 is 1.11 bits per heavy atom. The van der Waals surface area contributed by atoms with Gasteiger partial charge >= 0.3 is 5.97 Å². The molecule has 0 saturated carbocycles. The monoisotopic (exact) mass is 258 g/mol. The second kappa shape index (κ2) is 7.65. The van der Waals surface area contributed by atoms with Gasteiger partial charge in [-0.15, -0.1) is 0 Å². The number of ether oxygens (including phenoxy) is 1. The Morgan fingerprint density at radius 2 is 1.83 bits per heavy atom. The average Bonchev–Trinajstić information content (AvgIpc) is 2.35. The first-order chi connectivity index (χ1) is 8.58. The van der Waals surface area contributed by atoms with E-state index in [2.05, 4.69) is 10.6 Å². The molecule has 1 heterocycles. The highest BCUT2D eigenvalue weighted by molar-refractivity contribution is 5.86. The van der Waals surface area contributed by atoms with Gasteiger partial charge in [-0.05, 0) is 19.3 Å². The van der Waals surface area contributed by atoms with Crippen molar-refractivity contribution in [2.24, 2.45) is 0 Å². The molecule has 1 aliphatic heterocycles. The summed E-state index contributed by atoms with van der Waals surface area (Å²) in [5.74, 6) is -1.90. The third-order valence-corrected chi connectivity index (χ3v) is 2.57. The van der Waals surface area contributed by atoms with Crippen molar-refractivity contribution in [1.29, 1.82) is 0 Å². The zero-order chi connectivity index (χ0) is 13.4. The maximum absolute atomic E-state index is 11.5. The normalized spacial score (nSPS) is 19.0. The maximum atomic E-state index is 11.5. The zero-order valence-corrected chi connectivity index (χ0v) is 10.1. The van der Waals surface area contributed by atoms with Crippen molar-refractivity contribution in [3.05, 3.63) is 0 Å². The zero-order valence-electron chi connectivity index (χ0n) is 10.1. The predicted octanol–water partition coefficient (Wildman–Crippen LogP) is -0.737. The Balaban J connectivity index is 2.12. The van der Waals surface area contributed by atoms with E-state index < -0.39 is 18.4 Å². The highest BCUT2D eigenvalue weighted by Gasteiger charge is 2.17. The van der Waals surface area contributed by atoms with Crippen molar-refractivity contribution in [3.8, 4) is 0 Å². The Hall–Kier alpha value is -1.63. The second-order valence-corrected chi connectivity index (χ2v) is 4.14. The van der Waals surface area contributed by atoms with Crippen molar-refractivity contribution in [3.63, 3.8) is 0 Å². The number of nitrogens with one attached hydrogen (secondary N) is 2. The summed E-state index contributed by atoms with van der Waals surface area (Å²) in [5.41, 5.74) is 0. The molecule has 1 aliphatic rings. The van der Waals surface area contributed by atoms with Gasteiger partial charge in [-0.2, -0.15) is 0 Å². The van der Waals surface area contributed by atoms with Gasteiger partial charge in [0.05, 0.1) is 19.1 Å². The first-order valence-corrected chi connectivity index (χ1v) is 5.94. The molecule has 1 rings (SSSR count). The van der Waals surface area contributed by atoms with Crippen molar-refractivity contribution < 1.29 is 24.2 Å². The van der Waals surface area contributed by atoms with Gasteiger partial charge in [0, 0.05) is 6.61 Å². The Bertz CT molecular complexity index is 313. The van der Waals surface area contributed by atoms with Crippen LogP contribution >= 0.6 is 0 Å². The van der Waals surface area contributed by atoms with Crippen LogP contribution in [0.4, 0.5) is 0 Å². The SMILES string of the molecule is O=C(O)CNC(=O)CNC(=O)CC1CCCCO1. The number of amides is 2. The summed E-state index contributed by atoms with van der Waals surface area (Å²) in [6, 6.07) is 0. The lowest BCUT2D eigenvalue weighted by molar-refractivity contribution is -0.137. The molecule has 1 unspecified atom stereocenters. The van der Waals surface area contributed by atoms with E-state index in [0.29, 0.717) is 6.61 Å². The topological polar surface area (TPSA) is 105 Å². The minimum absolute atomic E-state index is 0.0687. The van der Waals surface area contributed by atoms with E-state index in [0.717, 1.165) is 19.3 Å². The summed E-state index contributed by atoms with van der Waals surface area (Å²) in [6.07, 6.45) is 3.11. The largest absolute Gasteiger partial charge is 0.480 e. The summed E-state index contributed by atoms with van der Waals surface area (Å²) < 4.78 is 5.40. The number of hydrogen-bond donors (Lipinski definition) is 3. The van der Waals surface area contributed by atoms with E-state index >= 15 is 0 Å². The highest BCUT2D eigenvalue weighted by Crippen LogP contribution is 2.15. The molecule has 0 bridgehead atoms. The van der Waals surface area contributed by atoms with E-state index in [-0.39, 0.29) is 25.0 Å². The van der Waals surface area contributed by atoms with Gasteiger partial charge in [0.15, 0.2) is 0 Å². The van der Waals surface area contributed by atoms with Crippen LogP contribution in [0.5, 0.6) is 0 Å². The fraction of sp³-hybridized carbons (Fsp3) is 0.727. The van der Waals surface area contributed by atoms with Crippen LogP contribution in [0.1, 0.15) is 25.7 Å². The van der Waals surface area contributed by atoms with Crippen LogP contribution in [0.3, 0.4) is 0 Å². The predicted molar refractivity (Wildman–Crippen MR) is 61.9 cm³/mol. The molecule has 0 aliphatic carbocycles. The molecule has 0 spiro atoms. The van der Waals surface area contributed by atoms with E-state index in [1.165, 1.54) is 0 Å². The quantitative estimate of drug-likeness (QED) is 0.582. The summed E-state index contributed by atoms with van der Waals surface area (Å²) >= 11 is 0. The third kappa shape index (κ3) is 6.19. The van der Waals surface area contributed by atoms with Crippen molar-refractivity contribution in [1.82, 2.24) is 10.6 Å². The molecule has 7 nitrogen and oxygen atoms in total. The molecule has 1 fully saturated rings. The molecular formula is C11H18N2O5.